The van der Waals surface area contributed by atoms with Gasteiger partial charge in [0, 0.05) is 11.3 Å². The summed E-state index contributed by atoms with van der Waals surface area (Å²) in [5.74, 6) is -0.668. The molecule has 0 saturated carbocycles. The van der Waals surface area contributed by atoms with Crippen LogP contribution in [0.25, 0.3) is 0 Å². The number of hydrogen-bond acceptors (Lipinski definition) is 1. The number of nitrogens with one attached hydrogen (secondary N) is 1. The first-order valence-corrected chi connectivity index (χ1v) is 5.30. The summed E-state index contributed by atoms with van der Waals surface area (Å²) < 4.78 is 13.3. The fraction of sp³-hybridized carbons (Fsp3) is 0.0714. The summed E-state index contributed by atoms with van der Waals surface area (Å²) in [6.45, 7) is 1.59. The average Bonchev–Trinajstić information content (AvgIpc) is 2.34. The maximum absolute atomic E-state index is 13.3. The van der Waals surface area contributed by atoms with Crippen LogP contribution in [0.4, 0.5) is 10.1 Å². The van der Waals surface area contributed by atoms with Gasteiger partial charge in [0.15, 0.2) is 0 Å². The average molecular weight is 229 g/mol. The quantitative estimate of drug-likeness (QED) is 0.840. The molecule has 0 aliphatic rings. The summed E-state index contributed by atoms with van der Waals surface area (Å²) >= 11 is 0. The zero-order valence-corrected chi connectivity index (χ0v) is 9.41. The van der Waals surface area contributed by atoms with Gasteiger partial charge in [-0.05, 0) is 36.8 Å². The molecule has 2 nitrogen and oxygen atoms in total. The van der Waals surface area contributed by atoms with E-state index in [9.17, 15) is 9.18 Å². The normalized spacial score (nSPS) is 10.0. The molecule has 0 fully saturated rings. The molecule has 0 aromatic heterocycles. The molecule has 1 N–H and O–H groups in total. The van der Waals surface area contributed by atoms with Crippen molar-refractivity contribution in [1.29, 1.82) is 0 Å². The van der Waals surface area contributed by atoms with Crippen LogP contribution in [-0.4, -0.2) is 5.91 Å². The lowest BCUT2D eigenvalue weighted by Crippen LogP contribution is -2.13. The van der Waals surface area contributed by atoms with Gasteiger partial charge < -0.3 is 5.32 Å². The van der Waals surface area contributed by atoms with Gasteiger partial charge in [-0.15, -0.1) is 0 Å². The maximum Gasteiger partial charge on any atom is 0.256 e. The van der Waals surface area contributed by atoms with E-state index in [1.807, 2.05) is 18.2 Å². The summed E-state index contributed by atoms with van der Waals surface area (Å²) in [4.78, 5) is 11.9. The smallest absolute Gasteiger partial charge is 0.256 e. The van der Waals surface area contributed by atoms with Crippen molar-refractivity contribution in [3.8, 4) is 0 Å². The van der Waals surface area contributed by atoms with E-state index >= 15 is 0 Å². The first kappa shape index (κ1) is 11.3. The molecule has 0 unspecified atom stereocenters. The zero-order chi connectivity index (χ0) is 12.3. The molecule has 17 heavy (non-hydrogen) atoms. The van der Waals surface area contributed by atoms with Crippen molar-refractivity contribution in [3.05, 3.63) is 65.5 Å². The molecular formula is C14H12FNO. The lowest BCUT2D eigenvalue weighted by Gasteiger charge is -2.07. The molecule has 1 amide bonds. The molecule has 0 atom stereocenters. The number of carbonyl (C=O) groups is 1. The second-order valence-electron chi connectivity index (χ2n) is 3.73. The molecule has 2 aromatic rings. The molecule has 0 aliphatic carbocycles. The topological polar surface area (TPSA) is 29.1 Å². The molecule has 0 saturated heterocycles. The van der Waals surface area contributed by atoms with E-state index in [1.54, 1.807) is 25.1 Å². The van der Waals surface area contributed by atoms with Crippen molar-refractivity contribution >= 4 is 11.6 Å². The van der Waals surface area contributed by atoms with Gasteiger partial charge in [-0.25, -0.2) is 4.39 Å². The molecule has 2 aromatic carbocycles. The van der Waals surface area contributed by atoms with E-state index in [-0.39, 0.29) is 11.7 Å². The van der Waals surface area contributed by atoms with E-state index in [2.05, 4.69) is 5.32 Å². The Labute approximate surface area is 99.1 Å². The number of para-hydroxylation sites is 1. The number of benzene rings is 2. The third-order valence-electron chi connectivity index (χ3n) is 2.54. The van der Waals surface area contributed by atoms with Crippen LogP contribution in [0.1, 0.15) is 15.9 Å². The Kier molecular flexibility index (Phi) is 3.19. The fourth-order valence-electron chi connectivity index (χ4n) is 1.57. The maximum atomic E-state index is 13.3. The Morgan fingerprint density at radius 2 is 1.76 bits per heavy atom. The lowest BCUT2D eigenvalue weighted by atomic mass is 10.1. The van der Waals surface area contributed by atoms with E-state index in [4.69, 9.17) is 0 Å². The first-order chi connectivity index (χ1) is 8.18. The summed E-state index contributed by atoms with van der Waals surface area (Å²) in [6.07, 6.45) is 0. The molecular weight excluding hydrogens is 217 g/mol. The summed E-state index contributed by atoms with van der Waals surface area (Å²) in [5, 5.41) is 2.72. The second-order valence-corrected chi connectivity index (χ2v) is 3.73. The summed E-state index contributed by atoms with van der Waals surface area (Å²) in [7, 11) is 0. The van der Waals surface area contributed by atoms with Crippen LogP contribution in [0, 0.1) is 12.7 Å². The predicted octanol–water partition coefficient (Wildman–Crippen LogP) is 3.39. The highest BCUT2D eigenvalue weighted by Gasteiger charge is 2.11. The van der Waals surface area contributed by atoms with Gasteiger partial charge in [-0.3, -0.25) is 4.79 Å². The predicted molar refractivity (Wildman–Crippen MR) is 65.5 cm³/mol. The third-order valence-corrected chi connectivity index (χ3v) is 2.54. The molecule has 3 heteroatoms. The molecule has 0 bridgehead atoms. The Hall–Kier alpha value is -2.16. The number of hydrogen-bond donors (Lipinski definition) is 1. The Morgan fingerprint density at radius 3 is 2.47 bits per heavy atom. The second kappa shape index (κ2) is 4.78. The fourth-order valence-corrected chi connectivity index (χ4v) is 1.57. The standard InChI is InChI=1S/C14H12FNO/c1-10-12(8-5-9-13(10)15)14(17)16-11-6-3-2-4-7-11/h2-9H,1H3,(H,16,17). The minimum Gasteiger partial charge on any atom is -0.322 e. The number of amides is 1. The van der Waals surface area contributed by atoms with Gasteiger partial charge in [-0.2, -0.15) is 0 Å². The van der Waals surface area contributed by atoms with Crippen molar-refractivity contribution in [1.82, 2.24) is 0 Å². The molecule has 0 aliphatic heterocycles. The zero-order valence-electron chi connectivity index (χ0n) is 9.41. The van der Waals surface area contributed by atoms with Crippen LogP contribution in [0.2, 0.25) is 0 Å². The highest BCUT2D eigenvalue weighted by molar-refractivity contribution is 6.05. The highest BCUT2D eigenvalue weighted by atomic mass is 19.1. The molecule has 0 radical (unpaired) electrons. The molecule has 86 valence electrons. The van der Waals surface area contributed by atoms with Crippen LogP contribution in [0.5, 0.6) is 0 Å². The Morgan fingerprint density at radius 1 is 1.06 bits per heavy atom. The minimum atomic E-state index is -0.370. The Bertz CT molecular complexity index is 537. The number of halogens is 1. The van der Waals surface area contributed by atoms with E-state index in [1.165, 1.54) is 12.1 Å². The third kappa shape index (κ3) is 2.50. The van der Waals surface area contributed by atoms with Gasteiger partial charge in [-0.1, -0.05) is 24.3 Å². The van der Waals surface area contributed by atoms with Gasteiger partial charge in [0.05, 0.1) is 0 Å². The van der Waals surface area contributed by atoms with Crippen molar-refractivity contribution in [2.24, 2.45) is 0 Å². The highest BCUT2D eigenvalue weighted by Crippen LogP contribution is 2.14. The first-order valence-electron chi connectivity index (χ1n) is 5.30. The van der Waals surface area contributed by atoms with E-state index < -0.39 is 0 Å². The van der Waals surface area contributed by atoms with E-state index in [0.717, 1.165) is 0 Å². The van der Waals surface area contributed by atoms with Gasteiger partial charge in [0.2, 0.25) is 0 Å². The van der Waals surface area contributed by atoms with Gasteiger partial charge >= 0.3 is 0 Å². The number of carbonyl (C=O) groups excluding carboxylic acids is 1. The Balaban J connectivity index is 2.24. The van der Waals surface area contributed by atoms with Crippen molar-refractivity contribution in [2.75, 3.05) is 5.32 Å². The lowest BCUT2D eigenvalue weighted by molar-refractivity contribution is 0.102. The minimum absolute atomic E-state index is 0.298. The summed E-state index contributed by atoms with van der Waals surface area (Å²) in [6, 6.07) is 13.6. The SMILES string of the molecule is Cc1c(F)cccc1C(=O)Nc1ccccc1. The van der Waals surface area contributed by atoms with Crippen molar-refractivity contribution in [2.45, 2.75) is 6.92 Å². The number of anilines is 1. The van der Waals surface area contributed by atoms with Crippen LogP contribution in [0.15, 0.2) is 48.5 Å². The largest absolute Gasteiger partial charge is 0.322 e. The summed E-state index contributed by atoms with van der Waals surface area (Å²) in [5.41, 5.74) is 1.41. The van der Waals surface area contributed by atoms with Gasteiger partial charge in [0.1, 0.15) is 5.82 Å². The number of rotatable bonds is 2. The van der Waals surface area contributed by atoms with Crippen LogP contribution >= 0.6 is 0 Å². The van der Waals surface area contributed by atoms with Crippen LogP contribution in [0.3, 0.4) is 0 Å². The van der Waals surface area contributed by atoms with Crippen LogP contribution < -0.4 is 5.32 Å². The van der Waals surface area contributed by atoms with Crippen LogP contribution in [-0.2, 0) is 0 Å². The van der Waals surface area contributed by atoms with Crippen molar-refractivity contribution in [3.63, 3.8) is 0 Å². The monoisotopic (exact) mass is 229 g/mol. The van der Waals surface area contributed by atoms with Gasteiger partial charge in [0.25, 0.3) is 5.91 Å². The molecule has 2 rings (SSSR count). The molecule has 0 heterocycles. The molecule has 0 spiro atoms. The van der Waals surface area contributed by atoms with Crippen molar-refractivity contribution < 1.29 is 9.18 Å². The van der Waals surface area contributed by atoms with E-state index in [0.29, 0.717) is 16.8 Å².